The van der Waals surface area contributed by atoms with Gasteiger partial charge in [-0.3, -0.25) is 4.79 Å². The first-order chi connectivity index (χ1) is 15.6. The number of carbonyl (C=O) groups excluding carboxylic acids is 1. The van der Waals surface area contributed by atoms with Gasteiger partial charge in [-0.1, -0.05) is 39.6 Å². The summed E-state index contributed by atoms with van der Waals surface area (Å²) in [6.07, 6.45) is -2.18. The Bertz CT molecular complexity index is 1160. The number of halogens is 5. The summed E-state index contributed by atoms with van der Waals surface area (Å²) in [5.74, 6) is -0.261. The molecule has 1 atom stereocenters. The molecular formula is C22H18Cl2F3N3O3. The summed E-state index contributed by atoms with van der Waals surface area (Å²) in [6, 6.07) is 7.83. The molecule has 2 aliphatic rings. The summed E-state index contributed by atoms with van der Waals surface area (Å²) < 4.78 is 43.1. The zero-order valence-corrected chi connectivity index (χ0v) is 18.7. The number of oxime groups is 2. The Hall–Kier alpha value is -2.78. The van der Waals surface area contributed by atoms with Crippen molar-refractivity contribution in [3.05, 3.63) is 68.7 Å². The summed E-state index contributed by atoms with van der Waals surface area (Å²) in [5.41, 5.74) is -3.85. The molecular weight excluding hydrogens is 482 g/mol. The number of hydrogen-bond donors (Lipinski definition) is 2. The minimum Gasteiger partial charge on any atom is -0.410 e. The van der Waals surface area contributed by atoms with E-state index in [9.17, 15) is 23.2 Å². The quantitative estimate of drug-likeness (QED) is 0.423. The highest BCUT2D eigenvalue weighted by Crippen LogP contribution is 2.48. The molecule has 1 unspecified atom stereocenters. The molecule has 1 aliphatic carbocycles. The SMILES string of the molecule is Cc1cc(C2=NOC(c3cc(Cl)cc(Cl)c3)(C(F)(F)F)/C2=N/O)ccc1C(=O)NC1CCC1. The first-order valence-corrected chi connectivity index (χ1v) is 10.8. The number of carbonyl (C=O) groups is 1. The Morgan fingerprint density at radius 1 is 1.21 bits per heavy atom. The number of nitrogens with zero attached hydrogens (tertiary/aromatic N) is 2. The van der Waals surface area contributed by atoms with Crippen molar-refractivity contribution in [3.8, 4) is 0 Å². The number of amides is 1. The van der Waals surface area contributed by atoms with Gasteiger partial charge in [0, 0.05) is 32.8 Å². The Morgan fingerprint density at radius 3 is 2.39 bits per heavy atom. The van der Waals surface area contributed by atoms with E-state index < -0.39 is 23.1 Å². The van der Waals surface area contributed by atoms with Gasteiger partial charge in [-0.25, -0.2) is 0 Å². The fourth-order valence-electron chi connectivity index (χ4n) is 3.85. The van der Waals surface area contributed by atoms with Gasteiger partial charge in [-0.05, 0) is 62.1 Å². The maximum absolute atomic E-state index is 14.4. The van der Waals surface area contributed by atoms with Crippen molar-refractivity contribution in [1.29, 1.82) is 0 Å². The lowest BCUT2D eigenvalue weighted by Gasteiger charge is -2.29. The van der Waals surface area contributed by atoms with E-state index in [0.717, 1.165) is 31.4 Å². The van der Waals surface area contributed by atoms with Gasteiger partial charge in [-0.2, -0.15) is 13.2 Å². The largest absolute Gasteiger partial charge is 0.441 e. The van der Waals surface area contributed by atoms with Gasteiger partial charge in [0.05, 0.1) is 0 Å². The van der Waals surface area contributed by atoms with Crippen molar-refractivity contribution in [2.75, 3.05) is 0 Å². The molecule has 2 aromatic carbocycles. The zero-order chi connectivity index (χ0) is 24.0. The van der Waals surface area contributed by atoms with E-state index in [0.29, 0.717) is 11.1 Å². The van der Waals surface area contributed by atoms with Crippen LogP contribution in [0.25, 0.3) is 0 Å². The standard InChI is InChI=1S/C22H18Cl2F3N3O3/c1-11-7-12(5-6-17(11)20(31)28-16-3-2-4-16)18-19(29-32)21(33-30-18,22(25,26)27)13-8-14(23)10-15(24)9-13/h5-10,16,32H,2-4H2,1H3,(H,28,31)/b29-19+. The van der Waals surface area contributed by atoms with E-state index in [2.05, 4.69) is 15.6 Å². The second-order valence-electron chi connectivity index (χ2n) is 7.95. The first-order valence-electron chi connectivity index (χ1n) is 10.0. The fourth-order valence-corrected chi connectivity index (χ4v) is 4.38. The number of nitrogens with one attached hydrogen (secondary N) is 1. The predicted molar refractivity (Wildman–Crippen MR) is 117 cm³/mol. The van der Waals surface area contributed by atoms with Crippen LogP contribution in [0.2, 0.25) is 10.0 Å². The van der Waals surface area contributed by atoms with Gasteiger partial charge in [0.15, 0.2) is 5.71 Å². The third-order valence-corrected chi connectivity index (χ3v) is 6.22. The van der Waals surface area contributed by atoms with Crippen LogP contribution in [0.1, 0.15) is 46.3 Å². The lowest BCUT2D eigenvalue weighted by atomic mass is 9.84. The Morgan fingerprint density at radius 2 is 1.88 bits per heavy atom. The molecule has 2 aromatic rings. The summed E-state index contributed by atoms with van der Waals surface area (Å²) in [5, 5.41) is 19.0. The molecule has 0 radical (unpaired) electrons. The van der Waals surface area contributed by atoms with Crippen LogP contribution in [0.5, 0.6) is 0 Å². The Balaban J connectivity index is 1.72. The predicted octanol–water partition coefficient (Wildman–Crippen LogP) is 5.61. The molecule has 0 bridgehead atoms. The summed E-state index contributed by atoms with van der Waals surface area (Å²) in [7, 11) is 0. The molecule has 1 saturated carbocycles. The number of hydrogen-bond acceptors (Lipinski definition) is 5. The second-order valence-corrected chi connectivity index (χ2v) is 8.82. The van der Waals surface area contributed by atoms with Crippen molar-refractivity contribution in [1.82, 2.24) is 5.32 Å². The van der Waals surface area contributed by atoms with Crippen LogP contribution < -0.4 is 5.32 Å². The molecule has 1 fully saturated rings. The normalized spacial score (nSPS) is 22.0. The average Bonchev–Trinajstić information content (AvgIpc) is 3.10. The van der Waals surface area contributed by atoms with Crippen LogP contribution in [0.4, 0.5) is 13.2 Å². The lowest BCUT2D eigenvalue weighted by molar-refractivity contribution is -0.250. The highest BCUT2D eigenvalue weighted by atomic mass is 35.5. The molecule has 0 spiro atoms. The molecule has 0 aromatic heterocycles. The average molecular weight is 500 g/mol. The van der Waals surface area contributed by atoms with Crippen LogP contribution in [0, 0.1) is 6.92 Å². The summed E-state index contributed by atoms with van der Waals surface area (Å²) in [4.78, 5) is 17.4. The van der Waals surface area contributed by atoms with Crippen LogP contribution in [-0.4, -0.2) is 34.8 Å². The van der Waals surface area contributed by atoms with E-state index in [1.54, 1.807) is 6.92 Å². The van der Waals surface area contributed by atoms with Crippen molar-refractivity contribution >= 4 is 40.5 Å². The Kier molecular flexibility index (Phi) is 6.05. The maximum Gasteiger partial charge on any atom is 0.441 e. The van der Waals surface area contributed by atoms with Crippen molar-refractivity contribution in [3.63, 3.8) is 0 Å². The van der Waals surface area contributed by atoms with Gasteiger partial charge in [0.2, 0.25) is 0 Å². The lowest BCUT2D eigenvalue weighted by Crippen LogP contribution is -2.50. The highest BCUT2D eigenvalue weighted by molar-refractivity contribution is 6.51. The summed E-state index contributed by atoms with van der Waals surface area (Å²) >= 11 is 11.8. The number of aryl methyl sites for hydroxylation is 1. The van der Waals surface area contributed by atoms with Crippen molar-refractivity contribution in [2.45, 2.75) is 44.0 Å². The highest BCUT2D eigenvalue weighted by Gasteiger charge is 2.67. The fraction of sp³-hybridized carbons (Fsp3) is 0.318. The molecule has 11 heteroatoms. The number of benzene rings is 2. The molecule has 2 N–H and O–H groups in total. The third-order valence-electron chi connectivity index (χ3n) is 5.78. The monoisotopic (exact) mass is 499 g/mol. The van der Waals surface area contributed by atoms with Gasteiger partial charge in [0.1, 0.15) is 5.71 Å². The molecule has 6 nitrogen and oxygen atoms in total. The van der Waals surface area contributed by atoms with Crippen LogP contribution in [0.3, 0.4) is 0 Å². The van der Waals surface area contributed by atoms with Crippen LogP contribution in [0.15, 0.2) is 46.7 Å². The molecule has 0 saturated heterocycles. The van der Waals surface area contributed by atoms with Crippen LogP contribution >= 0.6 is 23.2 Å². The van der Waals surface area contributed by atoms with Crippen molar-refractivity contribution in [2.24, 2.45) is 10.3 Å². The molecule has 1 aliphatic heterocycles. The smallest absolute Gasteiger partial charge is 0.410 e. The van der Waals surface area contributed by atoms with Crippen molar-refractivity contribution < 1.29 is 28.0 Å². The van der Waals surface area contributed by atoms with E-state index in [1.165, 1.54) is 24.3 Å². The molecule has 1 heterocycles. The van der Waals surface area contributed by atoms with Crippen LogP contribution in [-0.2, 0) is 10.4 Å². The molecule has 174 valence electrons. The molecule has 4 rings (SSSR count). The van der Waals surface area contributed by atoms with Gasteiger partial charge in [0.25, 0.3) is 5.91 Å². The third kappa shape index (κ3) is 4.04. The summed E-state index contributed by atoms with van der Waals surface area (Å²) in [6.45, 7) is 1.65. The molecule has 33 heavy (non-hydrogen) atoms. The van der Waals surface area contributed by atoms with E-state index in [-0.39, 0.29) is 33.3 Å². The van der Waals surface area contributed by atoms with E-state index in [4.69, 9.17) is 28.0 Å². The molecule has 1 amide bonds. The first kappa shape index (κ1) is 23.4. The minimum atomic E-state index is -5.08. The van der Waals surface area contributed by atoms with Gasteiger partial charge < -0.3 is 15.4 Å². The zero-order valence-electron chi connectivity index (χ0n) is 17.2. The second kappa shape index (κ2) is 8.53. The van der Waals surface area contributed by atoms with E-state index >= 15 is 0 Å². The van der Waals surface area contributed by atoms with Gasteiger partial charge >= 0.3 is 11.8 Å². The Labute approximate surface area is 197 Å². The minimum absolute atomic E-state index is 0.0619. The van der Waals surface area contributed by atoms with Gasteiger partial charge in [-0.15, -0.1) is 0 Å². The number of alkyl halides is 3. The topological polar surface area (TPSA) is 83.3 Å². The number of rotatable bonds is 4. The van der Waals surface area contributed by atoms with E-state index in [1.807, 2.05) is 0 Å². The maximum atomic E-state index is 14.4.